The summed E-state index contributed by atoms with van der Waals surface area (Å²) in [6.45, 7) is 4.92. The predicted molar refractivity (Wildman–Crippen MR) is 86.3 cm³/mol. The van der Waals surface area contributed by atoms with Crippen LogP contribution in [0.15, 0.2) is 57.6 Å². The molecular weight excluding hydrogens is 256 g/mol. The van der Waals surface area contributed by atoms with Gasteiger partial charge in [-0.2, -0.15) is 0 Å². The number of hydrogen-bond acceptors (Lipinski definition) is 2. The van der Waals surface area contributed by atoms with Crippen molar-refractivity contribution in [3.8, 4) is 0 Å². The van der Waals surface area contributed by atoms with Crippen molar-refractivity contribution in [1.29, 1.82) is 0 Å². The minimum Gasteiger partial charge on any atom is -0.259 e. The van der Waals surface area contributed by atoms with Gasteiger partial charge in [-0.15, -0.1) is 0 Å². The summed E-state index contributed by atoms with van der Waals surface area (Å²) in [7, 11) is 0. The van der Waals surface area contributed by atoms with Crippen molar-refractivity contribution < 1.29 is 0 Å². The molecule has 0 saturated carbocycles. The lowest BCUT2D eigenvalue weighted by Crippen LogP contribution is -2.29. The van der Waals surface area contributed by atoms with Crippen molar-refractivity contribution in [3.05, 3.63) is 69.4 Å². The lowest BCUT2D eigenvalue weighted by atomic mass is 9.96. The molecule has 1 aliphatic heterocycles. The van der Waals surface area contributed by atoms with Crippen molar-refractivity contribution in [2.75, 3.05) is 6.67 Å². The van der Waals surface area contributed by atoms with E-state index in [0.717, 1.165) is 23.6 Å². The maximum absolute atomic E-state index is 4.65. The molecule has 21 heavy (non-hydrogen) atoms. The molecule has 104 valence electrons. The van der Waals surface area contributed by atoms with E-state index in [2.05, 4.69) is 60.3 Å². The first-order valence-corrected chi connectivity index (χ1v) is 7.48. The molecule has 2 nitrogen and oxygen atoms in total. The molecule has 0 N–H and O–H groups in total. The second kappa shape index (κ2) is 4.66. The van der Waals surface area contributed by atoms with Crippen molar-refractivity contribution in [2.24, 2.45) is 9.98 Å². The Morgan fingerprint density at radius 1 is 0.714 bits per heavy atom. The molecule has 0 aromatic heterocycles. The lowest BCUT2D eigenvalue weighted by Gasteiger charge is -2.08. The van der Waals surface area contributed by atoms with E-state index in [1.165, 1.54) is 33.4 Å². The normalized spacial score (nSPS) is 19.3. The van der Waals surface area contributed by atoms with Gasteiger partial charge in [0.15, 0.2) is 0 Å². The van der Waals surface area contributed by atoms with Crippen LogP contribution in [0.4, 0.5) is 0 Å². The number of fused-ring (bicyclic) bond motifs is 1. The Morgan fingerprint density at radius 2 is 1.19 bits per heavy atom. The molecule has 1 aromatic rings. The minimum absolute atomic E-state index is 0.568. The van der Waals surface area contributed by atoms with E-state index < -0.39 is 0 Å². The van der Waals surface area contributed by atoms with Crippen LogP contribution in [-0.2, 0) is 0 Å². The summed E-state index contributed by atoms with van der Waals surface area (Å²) in [6.07, 6.45) is 10.9. The van der Waals surface area contributed by atoms with Gasteiger partial charge >= 0.3 is 0 Å². The van der Waals surface area contributed by atoms with Crippen LogP contribution < -0.4 is 10.7 Å². The molecule has 4 rings (SSSR count). The van der Waals surface area contributed by atoms with Gasteiger partial charge in [0.05, 0.1) is 10.7 Å². The SMILES string of the molecule is CC1=CC=C(c2ccc(C3=CC=C(C)C3)c3c2=NCN=3)C1. The number of hydrogen-bond donors (Lipinski definition) is 0. The Hall–Kier alpha value is -2.22. The van der Waals surface area contributed by atoms with E-state index in [4.69, 9.17) is 0 Å². The van der Waals surface area contributed by atoms with Gasteiger partial charge in [0, 0.05) is 11.1 Å². The molecule has 0 unspecified atom stereocenters. The minimum atomic E-state index is 0.568. The van der Waals surface area contributed by atoms with E-state index in [0.29, 0.717) is 6.67 Å². The quantitative estimate of drug-likeness (QED) is 0.790. The van der Waals surface area contributed by atoms with Crippen LogP contribution in [0.2, 0.25) is 0 Å². The third kappa shape index (κ3) is 2.02. The first kappa shape index (κ1) is 12.5. The van der Waals surface area contributed by atoms with Gasteiger partial charge in [0.25, 0.3) is 0 Å². The van der Waals surface area contributed by atoms with Gasteiger partial charge in [-0.3, -0.25) is 9.98 Å². The van der Waals surface area contributed by atoms with Crippen LogP contribution in [0, 0.1) is 0 Å². The van der Waals surface area contributed by atoms with Gasteiger partial charge in [-0.25, -0.2) is 0 Å². The second-order valence-corrected chi connectivity index (χ2v) is 6.08. The molecule has 1 aromatic carbocycles. The van der Waals surface area contributed by atoms with Gasteiger partial charge in [-0.1, -0.05) is 47.6 Å². The standard InChI is InChI=1S/C19H18N2/c1-12-3-5-14(9-12)16-7-8-17(15-6-4-13(2)10-15)19-18(16)20-11-21-19/h3-8H,9-11H2,1-2H3. The molecule has 2 aliphatic carbocycles. The summed E-state index contributed by atoms with van der Waals surface area (Å²) < 4.78 is 0. The van der Waals surface area contributed by atoms with Crippen molar-refractivity contribution in [1.82, 2.24) is 0 Å². The molecule has 0 fully saturated rings. The Bertz CT molecular complexity index is 804. The Kier molecular flexibility index (Phi) is 2.78. The molecule has 1 heterocycles. The maximum Gasteiger partial charge on any atom is 0.130 e. The van der Waals surface area contributed by atoms with E-state index in [1.54, 1.807) is 0 Å². The second-order valence-electron chi connectivity index (χ2n) is 6.08. The summed E-state index contributed by atoms with van der Waals surface area (Å²) in [4.78, 5) is 9.29. The zero-order valence-corrected chi connectivity index (χ0v) is 12.5. The molecule has 0 spiro atoms. The van der Waals surface area contributed by atoms with Crippen molar-refractivity contribution in [3.63, 3.8) is 0 Å². The lowest BCUT2D eigenvalue weighted by molar-refractivity contribution is 1.05. The highest BCUT2D eigenvalue weighted by atomic mass is 15.0. The highest BCUT2D eigenvalue weighted by Gasteiger charge is 2.17. The van der Waals surface area contributed by atoms with E-state index in [1.807, 2.05) is 0 Å². The zero-order valence-electron chi connectivity index (χ0n) is 12.5. The summed E-state index contributed by atoms with van der Waals surface area (Å²) in [5.74, 6) is 0. The number of nitrogens with zero attached hydrogens (tertiary/aromatic N) is 2. The predicted octanol–water partition coefficient (Wildman–Crippen LogP) is 3.36. The topological polar surface area (TPSA) is 24.7 Å². The van der Waals surface area contributed by atoms with Crippen LogP contribution in [0.1, 0.15) is 37.8 Å². The molecule has 3 aliphatic rings. The smallest absolute Gasteiger partial charge is 0.130 e. The first-order chi connectivity index (χ1) is 10.2. The number of benzene rings is 1. The monoisotopic (exact) mass is 274 g/mol. The molecule has 0 radical (unpaired) electrons. The fourth-order valence-electron chi connectivity index (χ4n) is 3.29. The average molecular weight is 274 g/mol. The Balaban J connectivity index is 1.83. The Morgan fingerprint density at radius 3 is 1.57 bits per heavy atom. The molecule has 0 bridgehead atoms. The largest absolute Gasteiger partial charge is 0.259 e. The highest BCUT2D eigenvalue weighted by molar-refractivity contribution is 5.76. The zero-order chi connectivity index (χ0) is 14.4. The fraction of sp³-hybridized carbons (Fsp3) is 0.263. The van der Waals surface area contributed by atoms with E-state index in [-0.39, 0.29) is 0 Å². The van der Waals surface area contributed by atoms with Gasteiger partial charge < -0.3 is 0 Å². The number of allylic oxidation sites excluding steroid dienone is 8. The third-order valence-electron chi connectivity index (χ3n) is 4.38. The van der Waals surface area contributed by atoms with Crippen molar-refractivity contribution >= 4 is 11.1 Å². The van der Waals surface area contributed by atoms with Crippen molar-refractivity contribution in [2.45, 2.75) is 26.7 Å². The summed E-state index contributed by atoms with van der Waals surface area (Å²) in [5.41, 5.74) is 8.07. The van der Waals surface area contributed by atoms with Gasteiger partial charge in [-0.05, 0) is 37.8 Å². The molecule has 2 heteroatoms. The summed E-state index contributed by atoms with van der Waals surface area (Å²) in [5, 5.41) is 2.18. The molecule has 0 amide bonds. The van der Waals surface area contributed by atoms with Gasteiger partial charge in [0.2, 0.25) is 0 Å². The Labute approximate surface area is 124 Å². The summed E-state index contributed by atoms with van der Waals surface area (Å²) in [6, 6.07) is 4.45. The van der Waals surface area contributed by atoms with Gasteiger partial charge in [0.1, 0.15) is 6.67 Å². The molecular formula is C19H18N2. The van der Waals surface area contributed by atoms with Crippen LogP contribution in [0.3, 0.4) is 0 Å². The average Bonchev–Trinajstić information content (AvgIpc) is 3.18. The molecule has 0 atom stereocenters. The first-order valence-electron chi connectivity index (χ1n) is 7.48. The van der Waals surface area contributed by atoms with Crippen LogP contribution >= 0.6 is 0 Å². The van der Waals surface area contributed by atoms with E-state index >= 15 is 0 Å². The summed E-state index contributed by atoms with van der Waals surface area (Å²) >= 11 is 0. The van der Waals surface area contributed by atoms with Crippen LogP contribution in [0.25, 0.3) is 11.1 Å². The van der Waals surface area contributed by atoms with E-state index in [9.17, 15) is 0 Å². The number of rotatable bonds is 2. The van der Waals surface area contributed by atoms with Crippen LogP contribution in [-0.4, -0.2) is 6.67 Å². The molecule has 0 saturated heterocycles. The van der Waals surface area contributed by atoms with Crippen LogP contribution in [0.5, 0.6) is 0 Å². The highest BCUT2D eigenvalue weighted by Crippen LogP contribution is 2.28. The fourth-order valence-corrected chi connectivity index (χ4v) is 3.29. The maximum atomic E-state index is 4.65. The third-order valence-corrected chi connectivity index (χ3v) is 4.38.